The van der Waals surface area contributed by atoms with Gasteiger partial charge in [0.2, 0.25) is 0 Å². The Kier molecular flexibility index (Phi) is 4.27. The molecule has 6 nitrogen and oxygen atoms in total. The van der Waals surface area contributed by atoms with E-state index in [2.05, 4.69) is 28.6 Å². The predicted molar refractivity (Wildman–Crippen MR) is 81.4 cm³/mol. The molecule has 1 aliphatic heterocycles. The van der Waals surface area contributed by atoms with Crippen molar-refractivity contribution in [3.63, 3.8) is 0 Å². The highest BCUT2D eigenvalue weighted by Gasteiger charge is 2.26. The summed E-state index contributed by atoms with van der Waals surface area (Å²) < 4.78 is 7.32. The van der Waals surface area contributed by atoms with Crippen LogP contribution in [0.25, 0.3) is 0 Å². The normalized spacial score (nSPS) is 16.4. The van der Waals surface area contributed by atoms with E-state index in [-0.39, 0.29) is 5.91 Å². The highest BCUT2D eigenvalue weighted by molar-refractivity contribution is 5.91. The average molecular weight is 302 g/mol. The number of hydrogen-bond donors (Lipinski definition) is 0. The van der Waals surface area contributed by atoms with E-state index in [4.69, 9.17) is 4.42 Å². The molecule has 3 rings (SSSR count). The van der Waals surface area contributed by atoms with E-state index in [1.165, 1.54) is 0 Å². The second-order valence-electron chi connectivity index (χ2n) is 6.17. The molecular formula is C16H22N4O2. The number of carbonyl (C=O) groups excluding carboxylic acids is 1. The van der Waals surface area contributed by atoms with Crippen LogP contribution < -0.4 is 0 Å². The number of nitrogens with zero attached hydrogens (tertiary/aromatic N) is 4. The van der Waals surface area contributed by atoms with Crippen molar-refractivity contribution < 1.29 is 9.21 Å². The zero-order valence-corrected chi connectivity index (χ0v) is 13.1. The first-order chi connectivity index (χ1) is 10.6. The van der Waals surface area contributed by atoms with Gasteiger partial charge >= 0.3 is 0 Å². The number of carbonyl (C=O) groups is 1. The summed E-state index contributed by atoms with van der Waals surface area (Å²) in [5.41, 5.74) is 0. The molecular weight excluding hydrogens is 280 g/mol. The Hall–Kier alpha value is -2.11. The lowest BCUT2D eigenvalue weighted by atomic mass is 9.93. The number of piperidine rings is 1. The molecule has 6 heteroatoms. The van der Waals surface area contributed by atoms with E-state index in [0.717, 1.165) is 38.2 Å². The first kappa shape index (κ1) is 14.8. The van der Waals surface area contributed by atoms with Gasteiger partial charge in [-0.05, 0) is 44.7 Å². The summed E-state index contributed by atoms with van der Waals surface area (Å²) in [6.07, 6.45) is 6.27. The Bertz CT molecular complexity index is 610. The summed E-state index contributed by atoms with van der Waals surface area (Å²) in [6.45, 7) is 5.83. The Morgan fingerprint density at radius 1 is 1.41 bits per heavy atom. The third kappa shape index (κ3) is 3.05. The van der Waals surface area contributed by atoms with Crippen LogP contribution in [0.4, 0.5) is 0 Å². The summed E-state index contributed by atoms with van der Waals surface area (Å²) in [7, 11) is 0. The molecule has 0 saturated carbocycles. The fraction of sp³-hybridized carbons (Fsp3) is 0.562. The lowest BCUT2D eigenvalue weighted by Crippen LogP contribution is -2.39. The molecule has 0 N–H and O–H groups in total. The van der Waals surface area contributed by atoms with Gasteiger partial charge in [0.15, 0.2) is 5.76 Å². The summed E-state index contributed by atoms with van der Waals surface area (Å²) in [5, 5.41) is 8.27. The van der Waals surface area contributed by atoms with Gasteiger partial charge in [-0.15, -0.1) is 10.2 Å². The Balaban J connectivity index is 1.56. The van der Waals surface area contributed by atoms with Crippen molar-refractivity contribution in [1.82, 2.24) is 19.7 Å². The first-order valence-electron chi connectivity index (χ1n) is 7.86. The molecule has 0 atom stereocenters. The van der Waals surface area contributed by atoms with Gasteiger partial charge in [0.25, 0.3) is 5.91 Å². The van der Waals surface area contributed by atoms with Gasteiger partial charge in [0, 0.05) is 25.6 Å². The second-order valence-corrected chi connectivity index (χ2v) is 6.17. The van der Waals surface area contributed by atoms with Crippen LogP contribution in [-0.4, -0.2) is 38.7 Å². The maximum absolute atomic E-state index is 12.2. The largest absolute Gasteiger partial charge is 0.459 e. The van der Waals surface area contributed by atoms with E-state index in [9.17, 15) is 4.79 Å². The van der Waals surface area contributed by atoms with Gasteiger partial charge < -0.3 is 13.9 Å². The molecule has 1 saturated heterocycles. The molecule has 0 aromatic carbocycles. The van der Waals surface area contributed by atoms with Crippen LogP contribution in [-0.2, 0) is 6.42 Å². The standard InChI is InChI=1S/C16H22N4O2/c1-12(2)20-11-17-18-15(20)10-13-5-7-19(8-6-13)16(21)14-4-3-9-22-14/h3-4,9,11-13H,5-8,10H2,1-2H3. The van der Waals surface area contributed by atoms with Crippen LogP contribution in [0.5, 0.6) is 0 Å². The SMILES string of the molecule is CC(C)n1cnnc1CC1CCN(C(=O)c2ccco2)CC1. The van der Waals surface area contributed by atoms with E-state index < -0.39 is 0 Å². The van der Waals surface area contributed by atoms with Crippen molar-refractivity contribution in [1.29, 1.82) is 0 Å². The molecule has 0 bridgehead atoms. The van der Waals surface area contributed by atoms with Gasteiger partial charge in [-0.3, -0.25) is 4.79 Å². The Morgan fingerprint density at radius 3 is 2.82 bits per heavy atom. The van der Waals surface area contributed by atoms with Crippen LogP contribution in [0.15, 0.2) is 29.1 Å². The Morgan fingerprint density at radius 2 is 2.18 bits per heavy atom. The van der Waals surface area contributed by atoms with Crippen LogP contribution >= 0.6 is 0 Å². The molecule has 1 amide bonds. The number of hydrogen-bond acceptors (Lipinski definition) is 4. The lowest BCUT2D eigenvalue weighted by Gasteiger charge is -2.31. The molecule has 118 valence electrons. The van der Waals surface area contributed by atoms with Crippen molar-refractivity contribution in [2.75, 3.05) is 13.1 Å². The van der Waals surface area contributed by atoms with E-state index >= 15 is 0 Å². The zero-order chi connectivity index (χ0) is 15.5. The fourth-order valence-electron chi connectivity index (χ4n) is 3.00. The fourth-order valence-corrected chi connectivity index (χ4v) is 3.00. The van der Waals surface area contributed by atoms with Crippen LogP contribution in [0.3, 0.4) is 0 Å². The quantitative estimate of drug-likeness (QED) is 0.870. The highest BCUT2D eigenvalue weighted by atomic mass is 16.3. The van der Waals surface area contributed by atoms with Crippen molar-refractivity contribution in [3.8, 4) is 0 Å². The number of amides is 1. The zero-order valence-electron chi connectivity index (χ0n) is 13.1. The van der Waals surface area contributed by atoms with Crippen molar-refractivity contribution >= 4 is 5.91 Å². The predicted octanol–water partition coefficient (Wildman–Crippen LogP) is 2.55. The number of furan rings is 1. The van der Waals surface area contributed by atoms with Gasteiger partial charge in [-0.25, -0.2) is 0 Å². The lowest BCUT2D eigenvalue weighted by molar-refractivity contribution is 0.0657. The Labute approximate surface area is 130 Å². The molecule has 2 aromatic heterocycles. The van der Waals surface area contributed by atoms with Gasteiger partial charge in [0.05, 0.1) is 6.26 Å². The number of rotatable bonds is 4. The minimum atomic E-state index is -0.00574. The van der Waals surface area contributed by atoms with E-state index in [0.29, 0.717) is 17.7 Å². The molecule has 0 unspecified atom stereocenters. The monoisotopic (exact) mass is 302 g/mol. The highest BCUT2D eigenvalue weighted by Crippen LogP contribution is 2.23. The third-order valence-electron chi connectivity index (χ3n) is 4.31. The van der Waals surface area contributed by atoms with Crippen molar-refractivity contribution in [2.24, 2.45) is 5.92 Å². The molecule has 1 aliphatic rings. The smallest absolute Gasteiger partial charge is 0.289 e. The van der Waals surface area contributed by atoms with Crippen molar-refractivity contribution in [3.05, 3.63) is 36.3 Å². The summed E-state index contributed by atoms with van der Waals surface area (Å²) in [6, 6.07) is 3.85. The summed E-state index contributed by atoms with van der Waals surface area (Å²) in [5.74, 6) is 2.03. The molecule has 0 spiro atoms. The first-order valence-corrected chi connectivity index (χ1v) is 7.86. The maximum atomic E-state index is 12.2. The minimum absolute atomic E-state index is 0.00574. The van der Waals surface area contributed by atoms with Gasteiger partial charge in [0.1, 0.15) is 12.2 Å². The molecule has 22 heavy (non-hydrogen) atoms. The van der Waals surface area contributed by atoms with Crippen molar-refractivity contribution in [2.45, 2.75) is 39.2 Å². The van der Waals surface area contributed by atoms with E-state index in [1.807, 2.05) is 4.90 Å². The minimum Gasteiger partial charge on any atom is -0.459 e. The van der Waals surface area contributed by atoms with Gasteiger partial charge in [-0.1, -0.05) is 0 Å². The van der Waals surface area contributed by atoms with Crippen LogP contribution in [0.1, 0.15) is 49.1 Å². The number of aromatic nitrogens is 3. The molecule has 0 radical (unpaired) electrons. The number of likely N-dealkylation sites (tertiary alicyclic amines) is 1. The van der Waals surface area contributed by atoms with E-state index in [1.54, 1.807) is 24.7 Å². The summed E-state index contributed by atoms with van der Waals surface area (Å²) in [4.78, 5) is 14.1. The molecule has 3 heterocycles. The van der Waals surface area contributed by atoms with Crippen LogP contribution in [0.2, 0.25) is 0 Å². The van der Waals surface area contributed by atoms with Crippen LogP contribution in [0, 0.1) is 5.92 Å². The average Bonchev–Trinajstić information content (AvgIpc) is 3.18. The maximum Gasteiger partial charge on any atom is 0.289 e. The third-order valence-corrected chi connectivity index (χ3v) is 4.31. The second kappa shape index (κ2) is 6.34. The summed E-state index contributed by atoms with van der Waals surface area (Å²) >= 11 is 0. The molecule has 2 aromatic rings. The van der Waals surface area contributed by atoms with Gasteiger partial charge in [-0.2, -0.15) is 0 Å². The molecule has 0 aliphatic carbocycles. The molecule has 1 fully saturated rings. The topological polar surface area (TPSA) is 64.2 Å².